The summed E-state index contributed by atoms with van der Waals surface area (Å²) in [7, 11) is 7.37. The second kappa shape index (κ2) is 39.7. The first-order chi connectivity index (χ1) is 45.9. The molecule has 538 valence electrons. The van der Waals surface area contributed by atoms with E-state index >= 15 is 0 Å². The number of fused-ring (bicyclic) bond motifs is 4. The lowest BCUT2D eigenvalue weighted by molar-refractivity contribution is -0.134. The minimum atomic E-state index is -0.144. The van der Waals surface area contributed by atoms with Gasteiger partial charge in [0.25, 0.3) is 0 Å². The molecule has 10 aromatic rings. The Balaban J connectivity index is 0.000000281. The van der Waals surface area contributed by atoms with Crippen molar-refractivity contribution in [2.45, 2.75) is 160 Å². The molecule has 5 N–H and O–H groups in total. The Bertz CT molecular complexity index is 4190. The fourth-order valence-electron chi connectivity index (χ4n) is 13.2. The number of aryl methyl sites for hydroxylation is 6. The number of likely N-dealkylation sites (N-methyl/N-ethyl adjacent to an activating group) is 2. The van der Waals surface area contributed by atoms with Crippen LogP contribution in [0.1, 0.15) is 152 Å². The van der Waals surface area contributed by atoms with E-state index in [1.807, 2.05) is 70.4 Å². The van der Waals surface area contributed by atoms with Crippen molar-refractivity contribution >= 4 is 71.9 Å². The Hall–Kier alpha value is -7.94. The van der Waals surface area contributed by atoms with E-state index in [2.05, 4.69) is 167 Å². The summed E-state index contributed by atoms with van der Waals surface area (Å²) in [6.45, 7) is 20.9. The molecule has 18 nitrogen and oxygen atoms in total. The molecule has 6 heterocycles. The molecule has 0 bridgehead atoms. The number of carbonyl (C=O) groups is 2. The lowest BCUT2D eigenvalue weighted by Gasteiger charge is -2.33. The summed E-state index contributed by atoms with van der Waals surface area (Å²) < 4.78 is 18.1. The highest BCUT2D eigenvalue weighted by Crippen LogP contribution is 2.33. The average Bonchev–Trinajstić information content (AvgIpc) is 1.66. The molecular formula is C80H115BrN12O6. The number of para-hydroxylation sites is 4. The molecular weight excluding hydrogens is 1300 g/mol. The van der Waals surface area contributed by atoms with Crippen LogP contribution in [0.3, 0.4) is 0 Å². The summed E-state index contributed by atoms with van der Waals surface area (Å²) in [6, 6.07) is 41.3. The summed E-state index contributed by atoms with van der Waals surface area (Å²) in [4.78, 5) is 73.0. The van der Waals surface area contributed by atoms with E-state index < -0.39 is 0 Å². The number of nitrogens with one attached hydrogen (secondary N) is 5. The SMILES string of the molecule is C.C.C.C.CNCCNC.COCCCn1c([C@@H]2CCCN(C(=O)C[C@H](C)Cc3ccc(-n4c(=O)[nH]c5cc(C)c(C)cc54)cc3)C2)nc2ccccc21.COCCCn1c([C@@H]2CCCN(C(=O)C[C@H](C)Cc3ccc(Br)cc3)C2)nc2ccccc21.Cc1cc2[nH]c(=O)[nH]c2cc1C. The highest BCUT2D eigenvalue weighted by molar-refractivity contribution is 9.10. The van der Waals surface area contributed by atoms with Gasteiger partial charge in [-0.3, -0.25) is 14.2 Å². The third-order valence-corrected chi connectivity index (χ3v) is 19.0. The molecule has 12 rings (SSSR count). The zero-order valence-corrected chi connectivity index (χ0v) is 59.0. The lowest BCUT2D eigenvalue weighted by Crippen LogP contribution is -2.40. The first-order valence-corrected chi connectivity index (χ1v) is 34.7. The highest BCUT2D eigenvalue weighted by Gasteiger charge is 2.31. The number of rotatable bonds is 22. The smallest absolute Gasteiger partial charge is 0.331 e. The number of hydrogen-bond donors (Lipinski definition) is 5. The molecule has 6 aromatic carbocycles. The van der Waals surface area contributed by atoms with E-state index in [1.165, 1.54) is 22.2 Å². The van der Waals surface area contributed by atoms with Crippen LogP contribution in [0.4, 0.5) is 0 Å². The number of hydrogen-bond acceptors (Lipinski definition) is 10. The number of halogens is 1. The van der Waals surface area contributed by atoms with Gasteiger partial charge in [0.2, 0.25) is 11.8 Å². The minimum absolute atomic E-state index is 0. The molecule has 0 radical (unpaired) electrons. The first-order valence-electron chi connectivity index (χ1n) is 33.9. The average molecular weight is 1420 g/mol. The van der Waals surface area contributed by atoms with Gasteiger partial charge in [0.05, 0.1) is 49.8 Å². The standard InChI is InChI=1S/C36H43N5O3.C27H34BrN3O2.C9H10N2O.C4H12N2.4CH4/c1-24(19-27-12-14-29(15-13-27)41-33-22-26(3)25(2)21-31(33)38-36(41)43)20-34(42)39-16-7-9-28(23-39)35-37-30-10-5-6-11-32(30)40(35)17-8-18-44-4;1-20(17-21-10-12-23(28)13-11-21)18-26(32)30-14-5-7-22(19-30)27-29-24-8-3-4-9-25(24)31(27)15-6-16-33-2;1-5-3-7-8(4-6(5)2)11-9(12)10-7;1-5-3-4-6-2;;;;/h5-6,10-15,21-22,24,28H,7-9,16-20,23H2,1-4H3,(H,38,43);3-4,8-13,20,22H,5-7,14-19H2,1-2H3;3-4H,1-2H3,(H2,10,11,12);5-6H,3-4H2,1-2H3;4*1H4/t24-,28-;20-,22-;;;;;;/m11....../s1. The van der Waals surface area contributed by atoms with Crippen molar-refractivity contribution in [3.05, 3.63) is 192 Å². The van der Waals surface area contributed by atoms with Crippen molar-refractivity contribution in [3.63, 3.8) is 0 Å². The van der Waals surface area contributed by atoms with Crippen molar-refractivity contribution in [2.24, 2.45) is 11.8 Å². The zero-order valence-electron chi connectivity index (χ0n) is 57.5. The van der Waals surface area contributed by atoms with Gasteiger partial charge in [0.1, 0.15) is 11.6 Å². The Morgan fingerprint density at radius 3 is 1.41 bits per heavy atom. The number of carbonyl (C=O) groups excluding carboxylic acids is 2. The predicted octanol–water partition coefficient (Wildman–Crippen LogP) is 15.5. The molecule has 0 spiro atoms. The normalized spacial score (nSPS) is 14.9. The van der Waals surface area contributed by atoms with Crippen molar-refractivity contribution in [2.75, 3.05) is 80.8 Å². The number of ether oxygens (including phenoxy) is 2. The number of piperidine rings is 2. The van der Waals surface area contributed by atoms with E-state index in [4.69, 9.17) is 19.4 Å². The second-order valence-corrected chi connectivity index (χ2v) is 27.0. The van der Waals surface area contributed by atoms with Gasteiger partial charge in [-0.05, 0) is 211 Å². The molecule has 4 aromatic heterocycles. The molecule has 2 amide bonds. The van der Waals surface area contributed by atoms with Crippen molar-refractivity contribution < 1.29 is 19.1 Å². The Kier molecular flexibility index (Phi) is 32.8. The summed E-state index contributed by atoms with van der Waals surface area (Å²) in [6.07, 6.45) is 8.84. The molecule has 4 atom stereocenters. The van der Waals surface area contributed by atoms with E-state index in [1.54, 1.807) is 18.8 Å². The molecule has 0 saturated carbocycles. The van der Waals surface area contributed by atoms with Gasteiger partial charge in [-0.2, -0.15) is 0 Å². The van der Waals surface area contributed by atoms with Crippen LogP contribution in [-0.2, 0) is 45.0 Å². The van der Waals surface area contributed by atoms with E-state index in [9.17, 15) is 19.2 Å². The third kappa shape index (κ3) is 21.8. The topological polar surface area (TPSA) is 205 Å². The molecule has 2 aliphatic rings. The summed E-state index contributed by atoms with van der Waals surface area (Å²) >= 11 is 3.49. The number of aromatic nitrogens is 8. The number of methoxy groups -OCH3 is 2. The van der Waals surface area contributed by atoms with E-state index in [0.717, 1.165) is 181 Å². The van der Waals surface area contributed by atoms with Gasteiger partial charge in [-0.1, -0.05) is 108 Å². The second-order valence-electron chi connectivity index (χ2n) is 26.1. The predicted molar refractivity (Wildman–Crippen MR) is 415 cm³/mol. The van der Waals surface area contributed by atoms with E-state index in [0.29, 0.717) is 31.9 Å². The summed E-state index contributed by atoms with van der Waals surface area (Å²) in [5.41, 5.74) is 15.6. The summed E-state index contributed by atoms with van der Waals surface area (Å²) in [5.74, 6) is 3.72. The molecule has 0 aliphatic carbocycles. The number of nitrogens with zero attached hydrogens (tertiary/aromatic N) is 7. The van der Waals surface area contributed by atoms with Crippen molar-refractivity contribution in [1.29, 1.82) is 0 Å². The maximum atomic E-state index is 13.5. The van der Waals surface area contributed by atoms with Gasteiger partial charge >= 0.3 is 11.4 Å². The van der Waals surface area contributed by atoms with Crippen LogP contribution in [0.25, 0.3) is 49.8 Å². The number of likely N-dealkylation sites (tertiary alicyclic amines) is 2. The molecule has 19 heteroatoms. The number of benzene rings is 6. The van der Waals surface area contributed by atoms with Crippen LogP contribution < -0.4 is 22.0 Å². The van der Waals surface area contributed by atoms with Crippen LogP contribution in [0.5, 0.6) is 0 Å². The van der Waals surface area contributed by atoms with Crippen LogP contribution in [0.15, 0.2) is 135 Å². The van der Waals surface area contributed by atoms with Gasteiger partial charge in [-0.15, -0.1) is 0 Å². The van der Waals surface area contributed by atoms with Gasteiger partial charge in [0, 0.05) is 109 Å². The zero-order chi connectivity index (χ0) is 67.5. The molecule has 2 aliphatic heterocycles. The molecule has 0 unspecified atom stereocenters. The number of aromatic amines is 3. The third-order valence-electron chi connectivity index (χ3n) is 18.5. The maximum absolute atomic E-state index is 13.5. The largest absolute Gasteiger partial charge is 0.385 e. The monoisotopic (exact) mass is 1420 g/mol. The van der Waals surface area contributed by atoms with Crippen LogP contribution in [-0.4, -0.2) is 141 Å². The number of amides is 2. The van der Waals surface area contributed by atoms with Gasteiger partial charge in [-0.25, -0.2) is 19.6 Å². The first kappa shape index (κ1) is 81.7. The van der Waals surface area contributed by atoms with Crippen molar-refractivity contribution in [3.8, 4) is 5.69 Å². The van der Waals surface area contributed by atoms with E-state index in [-0.39, 0.29) is 70.7 Å². The maximum Gasteiger partial charge on any atom is 0.331 e. The Morgan fingerprint density at radius 2 is 0.980 bits per heavy atom. The van der Waals surface area contributed by atoms with Crippen LogP contribution >= 0.6 is 15.9 Å². The molecule has 99 heavy (non-hydrogen) atoms. The number of H-pyrrole nitrogens is 3. The Morgan fingerprint density at radius 1 is 0.566 bits per heavy atom. The fraction of sp³-hybridized carbons (Fsp3) is 0.475. The van der Waals surface area contributed by atoms with Crippen molar-refractivity contribution in [1.82, 2.24) is 59.1 Å². The Labute approximate surface area is 597 Å². The van der Waals surface area contributed by atoms with Crippen LogP contribution in [0, 0.1) is 39.5 Å². The molecule has 2 saturated heterocycles. The number of imidazole rings is 4. The quantitative estimate of drug-likeness (QED) is 0.0406. The van der Waals surface area contributed by atoms with Gasteiger partial charge in [0.15, 0.2) is 0 Å². The minimum Gasteiger partial charge on any atom is -0.385 e. The molecule has 2 fully saturated rings. The lowest BCUT2D eigenvalue weighted by atomic mass is 9.94. The summed E-state index contributed by atoms with van der Waals surface area (Å²) in [5, 5.41) is 6.01. The van der Waals surface area contributed by atoms with Gasteiger partial charge < -0.3 is 54.0 Å². The highest BCUT2D eigenvalue weighted by atomic mass is 79.9. The fourth-order valence-corrected chi connectivity index (χ4v) is 13.5. The van der Waals surface area contributed by atoms with Crippen LogP contribution in [0.2, 0.25) is 0 Å².